The molecule has 3 nitrogen and oxygen atoms in total. The molecular weight excluding hydrogens is 279 g/mol. The van der Waals surface area contributed by atoms with Gasteiger partial charge < -0.3 is 5.32 Å². The van der Waals surface area contributed by atoms with Gasteiger partial charge in [0.15, 0.2) is 6.17 Å². The minimum Gasteiger partial charge on any atom is -0.367 e. The van der Waals surface area contributed by atoms with E-state index in [4.69, 9.17) is 0 Å². The van der Waals surface area contributed by atoms with Crippen molar-refractivity contribution in [3.63, 3.8) is 0 Å². The highest BCUT2D eigenvalue weighted by Crippen LogP contribution is 2.18. The third-order valence-corrected chi connectivity index (χ3v) is 2.59. The van der Waals surface area contributed by atoms with E-state index in [1.54, 1.807) is 6.08 Å². The second kappa shape index (κ2) is 9.20. The molecule has 0 bridgehead atoms. The third-order valence-electron chi connectivity index (χ3n) is 2.59. The highest BCUT2D eigenvalue weighted by Gasteiger charge is 2.38. The molecule has 0 aliphatic heterocycles. The van der Waals surface area contributed by atoms with Crippen molar-refractivity contribution in [3.8, 4) is 0 Å². The lowest BCUT2D eigenvalue weighted by Crippen LogP contribution is -2.54. The van der Waals surface area contributed by atoms with Crippen molar-refractivity contribution in [2.75, 3.05) is 7.05 Å². The standard InChI is InChI=1S/C15H22F3N3/c1-6-11(2)7-8-12(3)13(4)9-10-20-14(21-19-5)15(16,17)18/h6-10,14,19-21H,1,4H2,2-3,5H3/b10-9-,11-7-,12-8+. The molecule has 0 spiro atoms. The Bertz CT molecular complexity index is 446. The minimum atomic E-state index is -4.41. The van der Waals surface area contributed by atoms with Crippen LogP contribution in [0.5, 0.6) is 0 Å². The van der Waals surface area contributed by atoms with Gasteiger partial charge in [-0.25, -0.2) is 5.43 Å². The van der Waals surface area contributed by atoms with Crippen LogP contribution in [0.15, 0.2) is 60.4 Å². The first-order chi connectivity index (χ1) is 9.72. The molecule has 6 heteroatoms. The zero-order chi connectivity index (χ0) is 16.5. The molecule has 0 aromatic rings. The van der Waals surface area contributed by atoms with E-state index < -0.39 is 12.3 Å². The van der Waals surface area contributed by atoms with Gasteiger partial charge in [-0.05, 0) is 44.3 Å². The van der Waals surface area contributed by atoms with Crippen LogP contribution >= 0.6 is 0 Å². The average Bonchev–Trinajstić information content (AvgIpc) is 2.41. The topological polar surface area (TPSA) is 36.1 Å². The van der Waals surface area contributed by atoms with E-state index >= 15 is 0 Å². The molecule has 0 saturated heterocycles. The molecule has 0 rings (SSSR count). The van der Waals surface area contributed by atoms with E-state index in [1.165, 1.54) is 19.3 Å². The summed E-state index contributed by atoms with van der Waals surface area (Å²) in [4.78, 5) is 0. The molecule has 21 heavy (non-hydrogen) atoms. The Morgan fingerprint density at radius 1 is 1.19 bits per heavy atom. The molecule has 0 aromatic heterocycles. The van der Waals surface area contributed by atoms with Crippen LogP contribution in [-0.4, -0.2) is 19.4 Å². The summed E-state index contributed by atoms with van der Waals surface area (Å²) in [7, 11) is 1.37. The Kier molecular flexibility index (Phi) is 8.42. The number of hydrogen-bond donors (Lipinski definition) is 3. The lowest BCUT2D eigenvalue weighted by molar-refractivity contribution is -0.162. The first-order valence-electron chi connectivity index (χ1n) is 6.30. The van der Waals surface area contributed by atoms with Crippen LogP contribution in [0.25, 0.3) is 0 Å². The fraction of sp³-hybridized carbons (Fsp3) is 0.333. The lowest BCUT2D eigenvalue weighted by atomic mass is 10.1. The Balaban J connectivity index is 4.66. The number of hydrogen-bond acceptors (Lipinski definition) is 3. The van der Waals surface area contributed by atoms with Gasteiger partial charge in [0.2, 0.25) is 0 Å². The van der Waals surface area contributed by atoms with Crippen molar-refractivity contribution in [1.82, 2.24) is 16.2 Å². The van der Waals surface area contributed by atoms with Crippen LogP contribution in [0, 0.1) is 0 Å². The summed E-state index contributed by atoms with van der Waals surface area (Å²) < 4.78 is 37.8. The monoisotopic (exact) mass is 301 g/mol. The van der Waals surface area contributed by atoms with Gasteiger partial charge in [-0.2, -0.15) is 13.2 Å². The van der Waals surface area contributed by atoms with Crippen LogP contribution in [0.3, 0.4) is 0 Å². The van der Waals surface area contributed by atoms with Crippen molar-refractivity contribution < 1.29 is 13.2 Å². The second-order valence-corrected chi connectivity index (χ2v) is 4.36. The van der Waals surface area contributed by atoms with Gasteiger partial charge in [0.25, 0.3) is 0 Å². The average molecular weight is 301 g/mol. The molecule has 1 atom stereocenters. The van der Waals surface area contributed by atoms with Crippen LogP contribution in [-0.2, 0) is 0 Å². The number of alkyl halides is 3. The first kappa shape index (κ1) is 19.2. The Morgan fingerprint density at radius 2 is 1.81 bits per heavy atom. The van der Waals surface area contributed by atoms with Crippen molar-refractivity contribution in [3.05, 3.63) is 60.4 Å². The van der Waals surface area contributed by atoms with E-state index in [9.17, 15) is 13.2 Å². The summed E-state index contributed by atoms with van der Waals surface area (Å²) in [6, 6.07) is 0. The molecule has 0 aliphatic rings. The van der Waals surface area contributed by atoms with Gasteiger partial charge in [0, 0.05) is 0 Å². The van der Waals surface area contributed by atoms with E-state index in [0.717, 1.165) is 11.1 Å². The number of nitrogens with one attached hydrogen (secondary N) is 3. The lowest BCUT2D eigenvalue weighted by Gasteiger charge is -2.21. The summed E-state index contributed by atoms with van der Waals surface area (Å²) in [5.74, 6) is 0. The normalized spacial score (nSPS) is 15.1. The summed E-state index contributed by atoms with van der Waals surface area (Å²) in [5, 5.41) is 2.22. The Labute approximate surface area is 124 Å². The molecule has 0 saturated carbocycles. The molecular formula is C15H22F3N3. The molecule has 3 N–H and O–H groups in total. The van der Waals surface area contributed by atoms with E-state index in [0.29, 0.717) is 5.57 Å². The largest absolute Gasteiger partial charge is 0.423 e. The molecule has 0 radical (unpaired) electrons. The molecule has 1 unspecified atom stereocenters. The van der Waals surface area contributed by atoms with Crippen LogP contribution in [0.1, 0.15) is 13.8 Å². The molecule has 0 amide bonds. The van der Waals surface area contributed by atoms with Crippen molar-refractivity contribution in [2.45, 2.75) is 26.2 Å². The number of hydrazine groups is 1. The van der Waals surface area contributed by atoms with Crippen molar-refractivity contribution in [2.24, 2.45) is 0 Å². The molecule has 118 valence electrons. The molecule has 0 fully saturated rings. The number of rotatable bonds is 8. The molecule has 0 heterocycles. The Hall–Kier alpha value is -1.79. The molecule has 0 aromatic carbocycles. The fourth-order valence-electron chi connectivity index (χ4n) is 1.17. The quantitative estimate of drug-likeness (QED) is 0.365. The molecule has 0 aliphatic carbocycles. The van der Waals surface area contributed by atoms with Gasteiger partial charge in [-0.1, -0.05) is 37.0 Å². The minimum absolute atomic E-state index is 0.612. The van der Waals surface area contributed by atoms with Gasteiger partial charge in [-0.3, -0.25) is 5.43 Å². The number of halogens is 3. The van der Waals surface area contributed by atoms with E-state index in [2.05, 4.69) is 29.3 Å². The van der Waals surface area contributed by atoms with Gasteiger partial charge in [0.05, 0.1) is 0 Å². The summed E-state index contributed by atoms with van der Waals surface area (Å²) in [6.07, 6.45) is 1.81. The second-order valence-electron chi connectivity index (χ2n) is 4.36. The maximum atomic E-state index is 12.6. The highest BCUT2D eigenvalue weighted by molar-refractivity contribution is 5.38. The van der Waals surface area contributed by atoms with E-state index in [-0.39, 0.29) is 0 Å². The zero-order valence-electron chi connectivity index (χ0n) is 12.5. The van der Waals surface area contributed by atoms with Crippen LogP contribution in [0.2, 0.25) is 0 Å². The third kappa shape index (κ3) is 8.16. The van der Waals surface area contributed by atoms with Gasteiger partial charge in [-0.15, -0.1) is 0 Å². The maximum Gasteiger partial charge on any atom is 0.423 e. The van der Waals surface area contributed by atoms with Crippen LogP contribution in [0.4, 0.5) is 13.2 Å². The summed E-state index contributed by atoms with van der Waals surface area (Å²) in [6.45, 7) is 11.1. The zero-order valence-corrected chi connectivity index (χ0v) is 12.5. The van der Waals surface area contributed by atoms with Gasteiger partial charge >= 0.3 is 6.18 Å². The number of allylic oxidation sites excluding steroid dienone is 7. The predicted molar refractivity (Wildman–Crippen MR) is 81.2 cm³/mol. The van der Waals surface area contributed by atoms with Crippen molar-refractivity contribution in [1.29, 1.82) is 0 Å². The summed E-state index contributed by atoms with van der Waals surface area (Å²) >= 11 is 0. The predicted octanol–water partition coefficient (Wildman–Crippen LogP) is 3.34. The maximum absolute atomic E-state index is 12.6. The fourth-order valence-corrected chi connectivity index (χ4v) is 1.17. The van der Waals surface area contributed by atoms with Crippen LogP contribution < -0.4 is 16.2 Å². The summed E-state index contributed by atoms with van der Waals surface area (Å²) in [5.41, 5.74) is 6.77. The highest BCUT2D eigenvalue weighted by atomic mass is 19.4. The van der Waals surface area contributed by atoms with Crippen molar-refractivity contribution >= 4 is 0 Å². The first-order valence-corrected chi connectivity index (χ1v) is 6.30. The SMILES string of the molecule is C=C/C(C)=C\C=C(/C)C(=C)/C=C\NC(NNC)C(F)(F)F. The van der Waals surface area contributed by atoms with Gasteiger partial charge in [0.1, 0.15) is 0 Å². The Morgan fingerprint density at radius 3 is 2.29 bits per heavy atom. The smallest absolute Gasteiger partial charge is 0.367 e. The van der Waals surface area contributed by atoms with E-state index in [1.807, 2.05) is 26.0 Å².